The van der Waals surface area contributed by atoms with E-state index >= 15 is 0 Å². The molecule has 1 aliphatic heterocycles. The van der Waals surface area contributed by atoms with Crippen LogP contribution in [0.2, 0.25) is 0 Å². The number of allylic oxidation sites excluding steroid dienone is 1. The molecule has 0 radical (unpaired) electrons. The van der Waals surface area contributed by atoms with Gasteiger partial charge in [-0.05, 0) is 46.3 Å². The molecule has 0 spiro atoms. The Labute approximate surface area is 163 Å². The van der Waals surface area contributed by atoms with E-state index in [1.165, 1.54) is 17.3 Å². The van der Waals surface area contributed by atoms with E-state index in [4.69, 9.17) is 5.73 Å². The van der Waals surface area contributed by atoms with Crippen molar-refractivity contribution in [1.82, 2.24) is 10.3 Å². The highest BCUT2D eigenvalue weighted by atomic mass is 16.1. The van der Waals surface area contributed by atoms with Crippen LogP contribution in [-0.2, 0) is 13.1 Å². The number of aromatic nitrogens is 1. The Hall–Kier alpha value is -3.51. The van der Waals surface area contributed by atoms with Crippen LogP contribution < -0.4 is 16.4 Å². The van der Waals surface area contributed by atoms with Crippen LogP contribution in [0.4, 0.5) is 5.82 Å². The smallest absolute Gasteiger partial charge is 0.256 e. The molecule has 140 valence electrons. The molecule has 3 aromatic rings. The van der Waals surface area contributed by atoms with Gasteiger partial charge in [0.1, 0.15) is 5.82 Å². The van der Waals surface area contributed by atoms with Gasteiger partial charge in [0.15, 0.2) is 0 Å². The average Bonchev–Trinajstić information content (AvgIpc) is 3.19. The molecule has 4 N–H and O–H groups in total. The molecule has 0 atom stereocenters. The number of nitrogens with one attached hydrogen (secondary N) is 2. The molecular formula is C22H21N5O. The van der Waals surface area contributed by atoms with Gasteiger partial charge in [-0.1, -0.05) is 18.2 Å². The minimum absolute atomic E-state index is 0.168. The summed E-state index contributed by atoms with van der Waals surface area (Å²) < 4.78 is 0. The standard InChI is InChI=1S/C22H21N5O/c1-24-10-20(9-23)14-2-4-17-13-26-21(8-18(17)6-14)27-22(28)15-3-5-16-11-25-12-19(16)7-15/h2-10,13,25H,11-12,23H2,1H3,(H,26,27,28). The number of anilines is 1. The summed E-state index contributed by atoms with van der Waals surface area (Å²) >= 11 is 0. The Bertz CT molecular complexity index is 1120. The van der Waals surface area contributed by atoms with Gasteiger partial charge in [-0.3, -0.25) is 9.79 Å². The van der Waals surface area contributed by atoms with Gasteiger partial charge < -0.3 is 16.4 Å². The van der Waals surface area contributed by atoms with E-state index in [1.807, 2.05) is 42.5 Å². The maximum Gasteiger partial charge on any atom is 0.256 e. The highest BCUT2D eigenvalue weighted by Gasteiger charge is 2.14. The van der Waals surface area contributed by atoms with Crippen molar-refractivity contribution in [2.45, 2.75) is 13.1 Å². The molecule has 6 heteroatoms. The van der Waals surface area contributed by atoms with Crippen molar-refractivity contribution in [3.63, 3.8) is 0 Å². The van der Waals surface area contributed by atoms with Crippen molar-refractivity contribution in [1.29, 1.82) is 0 Å². The second-order valence-corrected chi connectivity index (χ2v) is 6.68. The minimum Gasteiger partial charge on any atom is -0.404 e. The summed E-state index contributed by atoms with van der Waals surface area (Å²) in [7, 11) is 1.71. The van der Waals surface area contributed by atoms with Gasteiger partial charge in [0.2, 0.25) is 0 Å². The number of aliphatic imine (C=N–C) groups is 1. The summed E-state index contributed by atoms with van der Waals surface area (Å²) in [6.45, 7) is 1.65. The van der Waals surface area contributed by atoms with E-state index in [1.54, 1.807) is 19.5 Å². The first-order chi connectivity index (χ1) is 13.7. The van der Waals surface area contributed by atoms with Crippen LogP contribution in [0.15, 0.2) is 59.9 Å². The van der Waals surface area contributed by atoms with Crippen molar-refractivity contribution in [3.8, 4) is 0 Å². The largest absolute Gasteiger partial charge is 0.404 e. The summed E-state index contributed by atoms with van der Waals surface area (Å²) in [5.74, 6) is 0.342. The first-order valence-electron chi connectivity index (χ1n) is 9.06. The molecule has 28 heavy (non-hydrogen) atoms. The zero-order valence-corrected chi connectivity index (χ0v) is 15.6. The zero-order chi connectivity index (χ0) is 19.5. The van der Waals surface area contributed by atoms with E-state index in [9.17, 15) is 4.79 Å². The zero-order valence-electron chi connectivity index (χ0n) is 15.6. The van der Waals surface area contributed by atoms with Gasteiger partial charge in [-0.2, -0.15) is 0 Å². The van der Waals surface area contributed by atoms with Crippen LogP contribution in [0.25, 0.3) is 16.3 Å². The molecule has 0 bridgehead atoms. The van der Waals surface area contributed by atoms with Crippen molar-refractivity contribution in [2.75, 3.05) is 12.4 Å². The van der Waals surface area contributed by atoms with E-state index in [2.05, 4.69) is 20.6 Å². The SMILES string of the molecule is CN=CC(=CN)c1ccc2cnc(NC(=O)c3ccc4c(c3)CNC4)cc2c1. The number of hydrogen-bond acceptors (Lipinski definition) is 5. The van der Waals surface area contributed by atoms with E-state index < -0.39 is 0 Å². The fraction of sp³-hybridized carbons (Fsp3) is 0.136. The lowest BCUT2D eigenvalue weighted by Crippen LogP contribution is -2.13. The molecule has 1 amide bonds. The topological polar surface area (TPSA) is 92.4 Å². The average molecular weight is 371 g/mol. The Morgan fingerprint density at radius 1 is 1.11 bits per heavy atom. The molecule has 0 saturated heterocycles. The number of carbonyl (C=O) groups is 1. The van der Waals surface area contributed by atoms with Crippen molar-refractivity contribution >= 4 is 34.3 Å². The number of nitrogens with two attached hydrogens (primary N) is 1. The molecule has 0 saturated carbocycles. The summed E-state index contributed by atoms with van der Waals surface area (Å²) in [4.78, 5) is 21.0. The van der Waals surface area contributed by atoms with Gasteiger partial charge in [0, 0.05) is 55.3 Å². The van der Waals surface area contributed by atoms with Gasteiger partial charge in [-0.25, -0.2) is 4.98 Å². The number of benzene rings is 2. The predicted octanol–water partition coefficient (Wildman–Crippen LogP) is 3.09. The number of hydrogen-bond donors (Lipinski definition) is 3. The van der Waals surface area contributed by atoms with Crippen molar-refractivity contribution < 1.29 is 4.79 Å². The third-order valence-electron chi connectivity index (χ3n) is 4.84. The number of rotatable bonds is 4. The maximum atomic E-state index is 12.6. The van der Waals surface area contributed by atoms with E-state index in [0.717, 1.165) is 35.0 Å². The number of carbonyl (C=O) groups excluding carboxylic acids is 1. The van der Waals surface area contributed by atoms with E-state index in [-0.39, 0.29) is 5.91 Å². The van der Waals surface area contributed by atoms with Gasteiger partial charge in [0.25, 0.3) is 5.91 Å². The molecule has 1 aliphatic rings. The Morgan fingerprint density at radius 3 is 2.75 bits per heavy atom. The molecule has 0 aliphatic carbocycles. The molecule has 6 nitrogen and oxygen atoms in total. The summed E-state index contributed by atoms with van der Waals surface area (Å²) in [6, 6.07) is 13.6. The number of pyridine rings is 1. The van der Waals surface area contributed by atoms with Crippen LogP contribution in [-0.4, -0.2) is 24.2 Å². The highest BCUT2D eigenvalue weighted by Crippen LogP contribution is 2.23. The monoisotopic (exact) mass is 371 g/mol. The van der Waals surface area contributed by atoms with Crippen LogP contribution in [0.5, 0.6) is 0 Å². The second-order valence-electron chi connectivity index (χ2n) is 6.68. The van der Waals surface area contributed by atoms with Gasteiger partial charge in [0.05, 0.1) is 0 Å². The van der Waals surface area contributed by atoms with Crippen LogP contribution in [0.3, 0.4) is 0 Å². The fourth-order valence-corrected chi connectivity index (χ4v) is 3.37. The van der Waals surface area contributed by atoms with Crippen LogP contribution in [0.1, 0.15) is 27.0 Å². The molecular weight excluding hydrogens is 350 g/mol. The normalized spacial score (nSPS) is 13.8. The van der Waals surface area contributed by atoms with Gasteiger partial charge in [-0.15, -0.1) is 0 Å². The Morgan fingerprint density at radius 2 is 1.93 bits per heavy atom. The van der Waals surface area contributed by atoms with Crippen molar-refractivity contribution in [3.05, 3.63) is 77.1 Å². The molecule has 1 aromatic heterocycles. The third-order valence-corrected chi connectivity index (χ3v) is 4.84. The quantitative estimate of drug-likeness (QED) is 0.615. The lowest BCUT2D eigenvalue weighted by Gasteiger charge is -2.08. The first kappa shape index (κ1) is 17.9. The predicted molar refractivity (Wildman–Crippen MR) is 113 cm³/mol. The lowest BCUT2D eigenvalue weighted by atomic mass is 10.0. The molecule has 4 rings (SSSR count). The maximum absolute atomic E-state index is 12.6. The summed E-state index contributed by atoms with van der Waals surface area (Å²) in [6.07, 6.45) is 5.00. The number of nitrogens with zero attached hydrogens (tertiary/aromatic N) is 2. The highest BCUT2D eigenvalue weighted by molar-refractivity contribution is 6.10. The van der Waals surface area contributed by atoms with Crippen molar-refractivity contribution in [2.24, 2.45) is 10.7 Å². The van der Waals surface area contributed by atoms with E-state index in [0.29, 0.717) is 11.4 Å². The minimum atomic E-state index is -0.168. The number of fused-ring (bicyclic) bond motifs is 2. The Kier molecular flexibility index (Phi) is 4.87. The molecule has 2 heterocycles. The third kappa shape index (κ3) is 3.50. The first-order valence-corrected chi connectivity index (χ1v) is 9.06. The summed E-state index contributed by atoms with van der Waals surface area (Å²) in [5.41, 5.74) is 10.5. The molecule has 2 aromatic carbocycles. The number of amides is 1. The molecule has 0 unspecified atom stereocenters. The van der Waals surface area contributed by atoms with Gasteiger partial charge >= 0.3 is 0 Å². The second kappa shape index (κ2) is 7.62. The lowest BCUT2D eigenvalue weighted by molar-refractivity contribution is 0.102. The van der Waals surface area contributed by atoms with Crippen LogP contribution >= 0.6 is 0 Å². The van der Waals surface area contributed by atoms with Crippen LogP contribution in [0, 0.1) is 0 Å². The Balaban J connectivity index is 1.61. The summed E-state index contributed by atoms with van der Waals surface area (Å²) in [5, 5.41) is 8.12. The molecule has 0 fully saturated rings. The fourth-order valence-electron chi connectivity index (χ4n) is 3.37.